The predicted molar refractivity (Wildman–Crippen MR) is 71.6 cm³/mol. The molecule has 0 fully saturated rings. The standard InChI is InChI=1S/C12H11ClN2O4/c1-4-12(2,3)14-10-8(11(16)17)5-7(15(18)19)6-9(10)13/h1,5-6,14H,2-3H3,(H,16,17). The van der Waals surface area contributed by atoms with Gasteiger partial charge in [-0.15, -0.1) is 6.42 Å². The molecular formula is C12H11ClN2O4. The smallest absolute Gasteiger partial charge is 0.338 e. The van der Waals surface area contributed by atoms with Gasteiger partial charge in [0.2, 0.25) is 0 Å². The van der Waals surface area contributed by atoms with Gasteiger partial charge in [-0.3, -0.25) is 10.1 Å². The summed E-state index contributed by atoms with van der Waals surface area (Å²) in [6, 6.07) is 2.01. The molecule has 0 aliphatic carbocycles. The number of carbonyl (C=O) groups is 1. The molecule has 2 N–H and O–H groups in total. The van der Waals surface area contributed by atoms with E-state index < -0.39 is 22.1 Å². The Hall–Kier alpha value is -2.26. The van der Waals surface area contributed by atoms with Crippen LogP contribution < -0.4 is 5.32 Å². The number of nitrogens with one attached hydrogen (secondary N) is 1. The van der Waals surface area contributed by atoms with E-state index in [1.54, 1.807) is 13.8 Å². The van der Waals surface area contributed by atoms with Crippen LogP contribution in [0.3, 0.4) is 0 Å². The van der Waals surface area contributed by atoms with Gasteiger partial charge in [-0.05, 0) is 13.8 Å². The van der Waals surface area contributed by atoms with Crippen LogP contribution in [0, 0.1) is 22.5 Å². The van der Waals surface area contributed by atoms with Crippen LogP contribution in [0.15, 0.2) is 12.1 Å². The number of hydrogen-bond donors (Lipinski definition) is 2. The van der Waals surface area contributed by atoms with Crippen molar-refractivity contribution in [3.8, 4) is 12.3 Å². The lowest BCUT2D eigenvalue weighted by atomic mass is 10.0. The maximum Gasteiger partial charge on any atom is 0.338 e. The van der Waals surface area contributed by atoms with E-state index in [1.165, 1.54) is 0 Å². The Labute approximate surface area is 114 Å². The molecule has 0 amide bonds. The molecule has 0 saturated carbocycles. The van der Waals surface area contributed by atoms with E-state index in [2.05, 4.69) is 11.2 Å². The van der Waals surface area contributed by atoms with Crippen LogP contribution in [0.2, 0.25) is 5.02 Å². The zero-order valence-electron chi connectivity index (χ0n) is 10.2. The van der Waals surface area contributed by atoms with E-state index in [0.29, 0.717) is 0 Å². The molecule has 0 radical (unpaired) electrons. The molecule has 0 aliphatic heterocycles. The molecule has 7 heteroatoms. The molecule has 1 aromatic rings. The van der Waals surface area contributed by atoms with E-state index >= 15 is 0 Å². The van der Waals surface area contributed by atoms with Crippen LogP contribution in [0.5, 0.6) is 0 Å². The van der Waals surface area contributed by atoms with E-state index in [-0.39, 0.29) is 16.3 Å². The summed E-state index contributed by atoms with van der Waals surface area (Å²) in [6.45, 7) is 3.30. The summed E-state index contributed by atoms with van der Waals surface area (Å²) < 4.78 is 0. The Morgan fingerprint density at radius 3 is 2.58 bits per heavy atom. The van der Waals surface area contributed by atoms with Crippen molar-refractivity contribution in [3.05, 3.63) is 32.8 Å². The molecule has 0 spiro atoms. The van der Waals surface area contributed by atoms with E-state index in [9.17, 15) is 14.9 Å². The summed E-state index contributed by atoms with van der Waals surface area (Å²) in [5.74, 6) is 1.09. The number of nitro benzene ring substituents is 1. The molecule has 0 aromatic heterocycles. The molecule has 0 unspecified atom stereocenters. The number of terminal acetylenes is 1. The third kappa shape index (κ3) is 3.36. The van der Waals surface area contributed by atoms with Gasteiger partial charge in [0.25, 0.3) is 5.69 Å². The second-order valence-corrected chi connectivity index (χ2v) is 4.71. The van der Waals surface area contributed by atoms with Crippen LogP contribution in [-0.4, -0.2) is 21.5 Å². The Kier molecular flexibility index (Phi) is 4.02. The number of rotatable bonds is 4. The first kappa shape index (κ1) is 14.8. The Morgan fingerprint density at radius 1 is 1.58 bits per heavy atom. The Morgan fingerprint density at radius 2 is 2.16 bits per heavy atom. The number of nitrogens with zero attached hydrogens (tertiary/aromatic N) is 1. The molecule has 0 heterocycles. The van der Waals surface area contributed by atoms with Crippen LogP contribution in [0.25, 0.3) is 0 Å². The molecule has 6 nitrogen and oxygen atoms in total. The first-order valence-electron chi connectivity index (χ1n) is 5.15. The van der Waals surface area contributed by atoms with E-state index in [1.807, 2.05) is 0 Å². The Bertz CT molecular complexity index is 590. The number of hydrogen-bond acceptors (Lipinski definition) is 4. The van der Waals surface area contributed by atoms with Crippen molar-refractivity contribution in [2.75, 3.05) is 5.32 Å². The minimum absolute atomic E-state index is 0.0581. The highest BCUT2D eigenvalue weighted by atomic mass is 35.5. The van der Waals surface area contributed by atoms with Crippen molar-refractivity contribution in [1.82, 2.24) is 0 Å². The molecule has 1 rings (SSSR count). The van der Waals surface area contributed by atoms with Gasteiger partial charge in [0.05, 0.1) is 26.7 Å². The quantitative estimate of drug-likeness (QED) is 0.503. The van der Waals surface area contributed by atoms with Gasteiger partial charge in [-0.2, -0.15) is 0 Å². The number of halogens is 1. The van der Waals surface area contributed by atoms with Gasteiger partial charge in [0, 0.05) is 12.1 Å². The second-order valence-electron chi connectivity index (χ2n) is 4.31. The minimum atomic E-state index is -1.33. The normalized spacial score (nSPS) is 10.6. The monoisotopic (exact) mass is 282 g/mol. The topological polar surface area (TPSA) is 92.5 Å². The van der Waals surface area contributed by atoms with Crippen molar-refractivity contribution in [3.63, 3.8) is 0 Å². The lowest BCUT2D eigenvalue weighted by molar-refractivity contribution is -0.384. The van der Waals surface area contributed by atoms with Crippen LogP contribution >= 0.6 is 11.6 Å². The number of aromatic carboxylic acids is 1. The number of carboxylic acids is 1. The molecule has 0 bridgehead atoms. The lowest BCUT2D eigenvalue weighted by Gasteiger charge is -2.23. The Balaban J connectivity index is 3.44. The van der Waals surface area contributed by atoms with Crippen molar-refractivity contribution in [1.29, 1.82) is 0 Å². The van der Waals surface area contributed by atoms with Crippen molar-refractivity contribution in [2.24, 2.45) is 0 Å². The first-order valence-corrected chi connectivity index (χ1v) is 5.53. The average molecular weight is 283 g/mol. The summed E-state index contributed by atoms with van der Waals surface area (Å²) in [5.41, 5.74) is -1.49. The number of carboxylic acid groups (broad SMARTS) is 1. The molecule has 100 valence electrons. The van der Waals surface area contributed by atoms with Crippen molar-refractivity contribution in [2.45, 2.75) is 19.4 Å². The van der Waals surface area contributed by atoms with Gasteiger partial charge in [0.1, 0.15) is 0 Å². The summed E-state index contributed by atoms with van der Waals surface area (Å²) in [4.78, 5) is 21.1. The first-order chi connectivity index (χ1) is 8.68. The minimum Gasteiger partial charge on any atom is -0.478 e. The molecule has 0 saturated heterocycles. The molecule has 0 aliphatic rings. The SMILES string of the molecule is C#CC(C)(C)Nc1c(Cl)cc([N+](=O)[O-])cc1C(=O)O. The van der Waals surface area contributed by atoms with E-state index in [4.69, 9.17) is 23.1 Å². The third-order valence-electron chi connectivity index (χ3n) is 2.31. The number of nitro groups is 1. The van der Waals surface area contributed by atoms with Crippen LogP contribution in [0.1, 0.15) is 24.2 Å². The van der Waals surface area contributed by atoms with Gasteiger partial charge in [-0.25, -0.2) is 4.79 Å². The summed E-state index contributed by atoms with van der Waals surface area (Å²) in [7, 11) is 0. The van der Waals surface area contributed by atoms with Gasteiger partial charge >= 0.3 is 5.97 Å². The second kappa shape index (κ2) is 5.16. The number of non-ortho nitro benzene ring substituents is 1. The highest BCUT2D eigenvalue weighted by molar-refractivity contribution is 6.34. The fourth-order valence-corrected chi connectivity index (χ4v) is 1.60. The summed E-state index contributed by atoms with van der Waals surface area (Å²) in [5, 5.41) is 22.5. The highest BCUT2D eigenvalue weighted by Crippen LogP contribution is 2.33. The molecule has 19 heavy (non-hydrogen) atoms. The largest absolute Gasteiger partial charge is 0.478 e. The molecule has 1 aromatic carbocycles. The zero-order chi connectivity index (χ0) is 14.8. The number of anilines is 1. The van der Waals surface area contributed by atoms with Gasteiger partial charge in [0.15, 0.2) is 0 Å². The van der Waals surface area contributed by atoms with Crippen LogP contribution in [0.4, 0.5) is 11.4 Å². The van der Waals surface area contributed by atoms with Gasteiger partial charge in [-0.1, -0.05) is 17.5 Å². The fourth-order valence-electron chi connectivity index (χ4n) is 1.34. The fraction of sp³-hybridized carbons (Fsp3) is 0.250. The van der Waals surface area contributed by atoms with Crippen molar-refractivity contribution < 1.29 is 14.8 Å². The van der Waals surface area contributed by atoms with Gasteiger partial charge < -0.3 is 10.4 Å². The predicted octanol–water partition coefficient (Wildman–Crippen LogP) is 2.77. The van der Waals surface area contributed by atoms with Crippen molar-refractivity contribution >= 4 is 28.9 Å². The number of benzene rings is 1. The highest BCUT2D eigenvalue weighted by Gasteiger charge is 2.24. The lowest BCUT2D eigenvalue weighted by Crippen LogP contribution is -2.29. The third-order valence-corrected chi connectivity index (χ3v) is 2.61. The molecular weight excluding hydrogens is 272 g/mol. The average Bonchev–Trinajstić information content (AvgIpc) is 2.30. The zero-order valence-corrected chi connectivity index (χ0v) is 11.0. The summed E-state index contributed by atoms with van der Waals surface area (Å²) in [6.07, 6.45) is 5.30. The molecule has 0 atom stereocenters. The van der Waals surface area contributed by atoms with Crippen LogP contribution in [-0.2, 0) is 0 Å². The maximum absolute atomic E-state index is 11.2. The van der Waals surface area contributed by atoms with E-state index in [0.717, 1.165) is 12.1 Å². The maximum atomic E-state index is 11.2. The summed E-state index contributed by atoms with van der Waals surface area (Å²) >= 11 is 5.89.